The Morgan fingerprint density at radius 2 is 2.10 bits per heavy atom. The molecule has 2 aromatic rings. The number of thiophene rings is 1. The highest BCUT2D eigenvalue weighted by Crippen LogP contribution is 2.30. The lowest BCUT2D eigenvalue weighted by molar-refractivity contribution is -0.137. The Morgan fingerprint density at radius 1 is 1.31 bits per heavy atom. The number of hydrogen-bond acceptors (Lipinski definition) is 4. The maximum atomic E-state index is 13.0. The third-order valence-corrected chi connectivity index (χ3v) is 5.72. The fraction of sp³-hybridized carbons (Fsp3) is 0.400. The Balaban J connectivity index is 1.64. The van der Waals surface area contributed by atoms with E-state index in [0.717, 1.165) is 21.9 Å². The monoisotopic (exact) mass is 425 g/mol. The number of carbonyl (C=O) groups is 2. The van der Waals surface area contributed by atoms with Crippen LogP contribution in [0.2, 0.25) is 0 Å². The van der Waals surface area contributed by atoms with Crippen LogP contribution >= 0.6 is 11.3 Å². The van der Waals surface area contributed by atoms with E-state index in [1.807, 2.05) is 19.1 Å². The van der Waals surface area contributed by atoms with Crippen LogP contribution in [-0.2, 0) is 28.9 Å². The highest BCUT2D eigenvalue weighted by molar-refractivity contribution is 7.11. The molecular weight excluding hydrogens is 403 g/mol. The topological polar surface area (TPSA) is 61.4 Å². The molecule has 1 aromatic carbocycles. The van der Waals surface area contributed by atoms with Gasteiger partial charge in [-0.05, 0) is 30.7 Å². The number of piperazine rings is 1. The predicted octanol–water partition coefficient (Wildman–Crippen LogP) is 3.08. The molecule has 1 aromatic heterocycles. The molecule has 0 saturated carbocycles. The second kappa shape index (κ2) is 8.96. The van der Waals surface area contributed by atoms with E-state index in [0.29, 0.717) is 25.2 Å². The Kier molecular flexibility index (Phi) is 6.59. The van der Waals surface area contributed by atoms with Gasteiger partial charge in [-0.15, -0.1) is 11.3 Å². The van der Waals surface area contributed by atoms with E-state index in [1.165, 1.54) is 6.07 Å². The van der Waals surface area contributed by atoms with Crippen molar-refractivity contribution in [2.75, 3.05) is 13.1 Å². The van der Waals surface area contributed by atoms with Crippen molar-refractivity contribution in [3.05, 3.63) is 57.3 Å². The summed E-state index contributed by atoms with van der Waals surface area (Å²) in [6.07, 6.45) is -4.47. The summed E-state index contributed by atoms with van der Waals surface area (Å²) in [5.41, 5.74) is -0.272. The van der Waals surface area contributed by atoms with Gasteiger partial charge < -0.3 is 10.6 Å². The van der Waals surface area contributed by atoms with E-state index >= 15 is 0 Å². The molecule has 1 aliphatic heterocycles. The Hall–Kier alpha value is -2.39. The highest BCUT2D eigenvalue weighted by atomic mass is 32.1. The van der Waals surface area contributed by atoms with Crippen molar-refractivity contribution in [3.63, 3.8) is 0 Å². The van der Waals surface area contributed by atoms with Gasteiger partial charge in [0.2, 0.25) is 11.8 Å². The van der Waals surface area contributed by atoms with Gasteiger partial charge in [-0.1, -0.05) is 18.2 Å². The van der Waals surface area contributed by atoms with E-state index in [9.17, 15) is 22.8 Å². The maximum absolute atomic E-state index is 13.0. The summed E-state index contributed by atoms with van der Waals surface area (Å²) in [6, 6.07) is 8.24. The van der Waals surface area contributed by atoms with E-state index in [2.05, 4.69) is 10.6 Å². The van der Waals surface area contributed by atoms with Crippen molar-refractivity contribution in [3.8, 4) is 0 Å². The van der Waals surface area contributed by atoms with Gasteiger partial charge in [0.25, 0.3) is 0 Å². The average molecular weight is 425 g/mol. The zero-order chi connectivity index (χ0) is 21.0. The highest BCUT2D eigenvalue weighted by Gasteiger charge is 2.33. The van der Waals surface area contributed by atoms with Crippen molar-refractivity contribution >= 4 is 23.2 Å². The third-order valence-electron chi connectivity index (χ3n) is 4.72. The molecule has 0 unspecified atom stereocenters. The van der Waals surface area contributed by atoms with Gasteiger partial charge in [-0.3, -0.25) is 14.5 Å². The number of amides is 2. The van der Waals surface area contributed by atoms with Crippen LogP contribution < -0.4 is 10.6 Å². The molecule has 29 heavy (non-hydrogen) atoms. The molecule has 0 spiro atoms. The fourth-order valence-corrected chi connectivity index (χ4v) is 4.10. The van der Waals surface area contributed by atoms with Crippen LogP contribution in [0.1, 0.15) is 27.3 Å². The second-order valence-electron chi connectivity index (χ2n) is 6.97. The molecule has 2 N–H and O–H groups in total. The van der Waals surface area contributed by atoms with E-state index < -0.39 is 17.8 Å². The quantitative estimate of drug-likeness (QED) is 0.748. The van der Waals surface area contributed by atoms with Crippen molar-refractivity contribution in [2.45, 2.75) is 38.7 Å². The first-order valence-electron chi connectivity index (χ1n) is 9.22. The van der Waals surface area contributed by atoms with Gasteiger partial charge in [-0.2, -0.15) is 13.2 Å². The minimum absolute atomic E-state index is 0.0465. The summed E-state index contributed by atoms with van der Waals surface area (Å²) >= 11 is 1.59. The first-order valence-corrected chi connectivity index (χ1v) is 10.0. The van der Waals surface area contributed by atoms with E-state index in [-0.39, 0.29) is 24.8 Å². The fourth-order valence-electron chi connectivity index (χ4n) is 3.27. The lowest BCUT2D eigenvalue weighted by Gasteiger charge is -2.34. The minimum Gasteiger partial charge on any atom is -0.353 e. The van der Waals surface area contributed by atoms with Crippen LogP contribution in [-0.4, -0.2) is 35.8 Å². The molecule has 0 aliphatic carbocycles. The van der Waals surface area contributed by atoms with Crippen LogP contribution in [0.3, 0.4) is 0 Å². The summed E-state index contributed by atoms with van der Waals surface area (Å²) in [6.45, 7) is 3.39. The average Bonchev–Trinajstić information content (AvgIpc) is 3.08. The van der Waals surface area contributed by atoms with Crippen molar-refractivity contribution < 1.29 is 22.8 Å². The number of alkyl halides is 3. The molecule has 9 heteroatoms. The van der Waals surface area contributed by atoms with Crippen molar-refractivity contribution in [1.82, 2.24) is 15.5 Å². The largest absolute Gasteiger partial charge is 0.416 e. The minimum atomic E-state index is -4.42. The van der Waals surface area contributed by atoms with Crippen LogP contribution in [0.25, 0.3) is 0 Å². The van der Waals surface area contributed by atoms with Gasteiger partial charge in [0.05, 0.1) is 24.6 Å². The zero-order valence-electron chi connectivity index (χ0n) is 15.9. The van der Waals surface area contributed by atoms with Gasteiger partial charge in [0.15, 0.2) is 0 Å². The van der Waals surface area contributed by atoms with Crippen molar-refractivity contribution in [2.24, 2.45) is 0 Å². The number of hydrogen-bond donors (Lipinski definition) is 2. The van der Waals surface area contributed by atoms with Crippen LogP contribution in [0, 0.1) is 6.92 Å². The van der Waals surface area contributed by atoms with Gasteiger partial charge in [0, 0.05) is 29.4 Å². The molecule has 2 heterocycles. The molecule has 3 rings (SSSR count). The lowest BCUT2D eigenvalue weighted by atomic mass is 10.1. The number of carbonyl (C=O) groups excluding carboxylic acids is 2. The number of nitrogens with zero attached hydrogens (tertiary/aromatic N) is 1. The SMILES string of the molecule is Cc1ccc(CNC(=O)C[C@H]2C(=O)NCCN2Cc2cccc(C(F)(F)F)c2)s1. The maximum Gasteiger partial charge on any atom is 0.416 e. The molecule has 1 fully saturated rings. The lowest BCUT2D eigenvalue weighted by Crippen LogP contribution is -2.56. The third kappa shape index (κ3) is 5.80. The molecule has 0 bridgehead atoms. The zero-order valence-corrected chi connectivity index (χ0v) is 16.7. The summed E-state index contributed by atoms with van der Waals surface area (Å²) < 4.78 is 38.9. The van der Waals surface area contributed by atoms with Gasteiger partial charge in [0.1, 0.15) is 0 Å². The summed E-state index contributed by atoms with van der Waals surface area (Å²) in [7, 11) is 0. The number of aryl methyl sites for hydroxylation is 1. The van der Waals surface area contributed by atoms with Gasteiger partial charge >= 0.3 is 6.18 Å². The summed E-state index contributed by atoms with van der Waals surface area (Å²) in [5.74, 6) is -0.558. The number of halogens is 3. The molecule has 1 aliphatic rings. The molecule has 2 amide bonds. The molecule has 156 valence electrons. The predicted molar refractivity (Wildman–Crippen MR) is 104 cm³/mol. The Labute approximate surface area is 170 Å². The molecule has 1 atom stereocenters. The van der Waals surface area contributed by atoms with E-state index in [4.69, 9.17) is 0 Å². The van der Waals surface area contributed by atoms with Crippen molar-refractivity contribution in [1.29, 1.82) is 0 Å². The smallest absolute Gasteiger partial charge is 0.353 e. The van der Waals surface area contributed by atoms with Gasteiger partial charge in [-0.25, -0.2) is 0 Å². The van der Waals surface area contributed by atoms with E-state index in [1.54, 1.807) is 22.3 Å². The molecular formula is C20H22F3N3O2S. The first kappa shape index (κ1) is 21.3. The number of rotatable bonds is 6. The molecule has 1 saturated heterocycles. The van der Waals surface area contributed by atoms with Crippen LogP contribution in [0.15, 0.2) is 36.4 Å². The Bertz CT molecular complexity index is 882. The van der Waals surface area contributed by atoms with Crippen LogP contribution in [0.5, 0.6) is 0 Å². The Morgan fingerprint density at radius 3 is 2.79 bits per heavy atom. The first-order chi connectivity index (χ1) is 13.7. The number of benzene rings is 1. The molecule has 0 radical (unpaired) electrons. The molecule has 5 nitrogen and oxygen atoms in total. The second-order valence-corrected chi connectivity index (χ2v) is 8.34. The number of nitrogens with one attached hydrogen (secondary N) is 2. The summed E-state index contributed by atoms with van der Waals surface area (Å²) in [5, 5.41) is 5.54. The van der Waals surface area contributed by atoms with Crippen LogP contribution in [0.4, 0.5) is 13.2 Å². The summed E-state index contributed by atoms with van der Waals surface area (Å²) in [4.78, 5) is 28.6. The standard InChI is InChI=1S/C20H22F3N3O2S/c1-13-5-6-16(29-13)11-25-18(27)10-17-19(28)24-7-8-26(17)12-14-3-2-4-15(9-14)20(21,22)23/h2-6,9,17H,7-8,10-12H2,1H3,(H,24,28)(H,25,27)/t17-/m0/s1. The normalized spacial score (nSPS) is 17.8.